The Kier molecular flexibility index (Phi) is 2.55. The molecule has 0 radical (unpaired) electrons. The molecule has 0 spiro atoms. The number of aromatic nitrogens is 1. The molecule has 0 amide bonds. The molecule has 0 saturated carbocycles. The largest absolute Gasteiger partial charge is 0.507 e. The zero-order valence-corrected chi connectivity index (χ0v) is 8.66. The van der Waals surface area contributed by atoms with Crippen LogP contribution in [-0.4, -0.2) is 20.7 Å². The number of carbonyl (C=O) groups is 1. The van der Waals surface area contributed by atoms with Crippen LogP contribution in [0.5, 0.6) is 5.75 Å². The first-order valence-corrected chi connectivity index (χ1v) is 4.76. The first kappa shape index (κ1) is 10.8. The minimum absolute atomic E-state index is 0.151. The second-order valence-corrected chi connectivity index (χ2v) is 3.43. The van der Waals surface area contributed by atoms with Crippen LogP contribution in [0.15, 0.2) is 36.7 Å². The van der Waals surface area contributed by atoms with Crippen LogP contribution >= 0.6 is 0 Å². The van der Waals surface area contributed by atoms with Gasteiger partial charge in [-0.2, -0.15) is 5.26 Å². The number of carboxylic acid groups (broad SMARTS) is 1. The van der Waals surface area contributed by atoms with E-state index in [9.17, 15) is 9.90 Å². The molecule has 0 bridgehead atoms. The summed E-state index contributed by atoms with van der Waals surface area (Å²) in [5.74, 6) is -1.48. The molecule has 1 heterocycles. The van der Waals surface area contributed by atoms with Crippen molar-refractivity contribution in [2.75, 3.05) is 0 Å². The van der Waals surface area contributed by atoms with Crippen molar-refractivity contribution in [1.29, 1.82) is 5.26 Å². The van der Waals surface area contributed by atoms with Crippen molar-refractivity contribution in [3.63, 3.8) is 0 Å². The lowest BCUT2D eigenvalue weighted by atomic mass is 10.2. The summed E-state index contributed by atoms with van der Waals surface area (Å²) in [4.78, 5) is 10.7. The van der Waals surface area contributed by atoms with Gasteiger partial charge in [0, 0.05) is 24.1 Å². The summed E-state index contributed by atoms with van der Waals surface area (Å²) in [5.41, 5.74) is 0.933. The molecular formula is C12H8N2O3. The van der Waals surface area contributed by atoms with Crippen LogP contribution in [0.3, 0.4) is 0 Å². The van der Waals surface area contributed by atoms with E-state index in [1.165, 1.54) is 12.1 Å². The predicted octanol–water partition coefficient (Wildman–Crippen LogP) is 1.75. The Hall–Kier alpha value is -2.74. The van der Waals surface area contributed by atoms with E-state index in [0.717, 1.165) is 0 Å². The SMILES string of the molecule is N#Cc1ccn(-c2ccc(C(=O)O)c(O)c2)c1. The summed E-state index contributed by atoms with van der Waals surface area (Å²) in [7, 11) is 0. The molecule has 0 saturated heterocycles. The van der Waals surface area contributed by atoms with Crippen molar-refractivity contribution in [1.82, 2.24) is 4.57 Å². The Morgan fingerprint density at radius 1 is 1.35 bits per heavy atom. The number of carboxylic acids is 1. The summed E-state index contributed by atoms with van der Waals surface area (Å²) in [6.07, 6.45) is 3.25. The molecule has 5 nitrogen and oxygen atoms in total. The number of hydrogen-bond acceptors (Lipinski definition) is 3. The number of nitrogens with zero attached hydrogens (tertiary/aromatic N) is 2. The van der Waals surface area contributed by atoms with Crippen molar-refractivity contribution in [3.05, 3.63) is 47.8 Å². The van der Waals surface area contributed by atoms with Crippen molar-refractivity contribution in [2.45, 2.75) is 0 Å². The van der Waals surface area contributed by atoms with Gasteiger partial charge in [0.15, 0.2) is 0 Å². The zero-order valence-electron chi connectivity index (χ0n) is 8.66. The summed E-state index contributed by atoms with van der Waals surface area (Å²) in [5, 5.41) is 27.0. The first-order chi connectivity index (χ1) is 8.11. The maximum atomic E-state index is 10.7. The lowest BCUT2D eigenvalue weighted by molar-refractivity contribution is 0.0694. The molecule has 2 N–H and O–H groups in total. The highest BCUT2D eigenvalue weighted by Crippen LogP contribution is 2.21. The molecule has 0 aliphatic carbocycles. The number of rotatable bonds is 2. The zero-order chi connectivity index (χ0) is 12.4. The van der Waals surface area contributed by atoms with Gasteiger partial charge in [-0.05, 0) is 18.2 Å². The van der Waals surface area contributed by atoms with Gasteiger partial charge in [0.1, 0.15) is 17.4 Å². The molecule has 0 atom stereocenters. The highest BCUT2D eigenvalue weighted by molar-refractivity contribution is 5.91. The Labute approximate surface area is 96.8 Å². The Balaban J connectivity index is 2.45. The highest BCUT2D eigenvalue weighted by atomic mass is 16.4. The highest BCUT2D eigenvalue weighted by Gasteiger charge is 2.10. The van der Waals surface area contributed by atoms with E-state index in [2.05, 4.69) is 0 Å². The molecule has 1 aromatic heterocycles. The monoisotopic (exact) mass is 228 g/mol. The summed E-state index contributed by atoms with van der Waals surface area (Å²) in [6, 6.07) is 7.83. The van der Waals surface area contributed by atoms with Gasteiger partial charge in [-0.25, -0.2) is 4.79 Å². The average molecular weight is 228 g/mol. The molecule has 2 aromatic rings. The minimum Gasteiger partial charge on any atom is -0.507 e. The molecule has 2 rings (SSSR count). The Bertz CT molecular complexity index is 623. The van der Waals surface area contributed by atoms with Crippen molar-refractivity contribution < 1.29 is 15.0 Å². The predicted molar refractivity (Wildman–Crippen MR) is 59.1 cm³/mol. The maximum Gasteiger partial charge on any atom is 0.339 e. The second-order valence-electron chi connectivity index (χ2n) is 3.43. The minimum atomic E-state index is -1.18. The van der Waals surface area contributed by atoms with E-state index < -0.39 is 5.97 Å². The van der Waals surface area contributed by atoms with E-state index in [-0.39, 0.29) is 11.3 Å². The molecule has 5 heteroatoms. The standard InChI is InChI=1S/C12H8N2O3/c13-6-8-3-4-14(7-8)9-1-2-10(12(16)17)11(15)5-9/h1-5,7,15H,(H,16,17). The van der Waals surface area contributed by atoms with Gasteiger partial charge in [-0.15, -0.1) is 0 Å². The van der Waals surface area contributed by atoms with Crippen LogP contribution < -0.4 is 0 Å². The lowest BCUT2D eigenvalue weighted by Crippen LogP contribution is -1.98. The van der Waals surface area contributed by atoms with Gasteiger partial charge in [0.05, 0.1) is 5.56 Å². The smallest absolute Gasteiger partial charge is 0.339 e. The number of aromatic carboxylic acids is 1. The van der Waals surface area contributed by atoms with Gasteiger partial charge in [0.25, 0.3) is 0 Å². The van der Waals surface area contributed by atoms with Crippen LogP contribution in [0.25, 0.3) is 5.69 Å². The molecule has 0 fully saturated rings. The third-order valence-corrected chi connectivity index (χ3v) is 2.33. The van der Waals surface area contributed by atoms with Gasteiger partial charge in [-0.3, -0.25) is 0 Å². The molecule has 0 aliphatic rings. The molecule has 0 unspecified atom stereocenters. The third-order valence-electron chi connectivity index (χ3n) is 2.33. The summed E-state index contributed by atoms with van der Waals surface area (Å²) in [6.45, 7) is 0. The molecule has 84 valence electrons. The fraction of sp³-hybridized carbons (Fsp3) is 0. The average Bonchev–Trinajstić information content (AvgIpc) is 2.76. The van der Waals surface area contributed by atoms with E-state index in [1.807, 2.05) is 6.07 Å². The lowest BCUT2D eigenvalue weighted by Gasteiger charge is -2.05. The van der Waals surface area contributed by atoms with Crippen molar-refractivity contribution in [2.24, 2.45) is 0 Å². The van der Waals surface area contributed by atoms with Gasteiger partial charge in [0.2, 0.25) is 0 Å². The number of benzene rings is 1. The van der Waals surface area contributed by atoms with Crippen LogP contribution in [0.1, 0.15) is 15.9 Å². The number of nitriles is 1. The number of hydrogen-bond donors (Lipinski definition) is 2. The van der Waals surface area contributed by atoms with Gasteiger partial charge < -0.3 is 14.8 Å². The Morgan fingerprint density at radius 2 is 2.12 bits per heavy atom. The molecule has 0 aliphatic heterocycles. The van der Waals surface area contributed by atoms with Crippen LogP contribution in [0, 0.1) is 11.3 Å². The molecule has 1 aromatic carbocycles. The number of phenols is 1. The fourth-order valence-electron chi connectivity index (χ4n) is 1.48. The van der Waals surface area contributed by atoms with Crippen molar-refractivity contribution in [3.8, 4) is 17.5 Å². The summed E-state index contributed by atoms with van der Waals surface area (Å²) >= 11 is 0. The van der Waals surface area contributed by atoms with Crippen LogP contribution in [0.4, 0.5) is 0 Å². The normalized spacial score (nSPS) is 9.82. The third kappa shape index (κ3) is 1.96. The quantitative estimate of drug-likeness (QED) is 0.819. The molecule has 17 heavy (non-hydrogen) atoms. The van der Waals surface area contributed by atoms with Gasteiger partial charge in [-0.1, -0.05) is 0 Å². The Morgan fingerprint density at radius 3 is 2.65 bits per heavy atom. The van der Waals surface area contributed by atoms with E-state index in [0.29, 0.717) is 11.3 Å². The van der Waals surface area contributed by atoms with E-state index in [1.54, 1.807) is 29.1 Å². The fourth-order valence-corrected chi connectivity index (χ4v) is 1.48. The van der Waals surface area contributed by atoms with Crippen LogP contribution in [-0.2, 0) is 0 Å². The van der Waals surface area contributed by atoms with E-state index in [4.69, 9.17) is 10.4 Å². The maximum absolute atomic E-state index is 10.7. The molecular weight excluding hydrogens is 220 g/mol. The van der Waals surface area contributed by atoms with Crippen LogP contribution in [0.2, 0.25) is 0 Å². The first-order valence-electron chi connectivity index (χ1n) is 4.76. The topological polar surface area (TPSA) is 86.2 Å². The van der Waals surface area contributed by atoms with Gasteiger partial charge >= 0.3 is 5.97 Å². The second kappa shape index (κ2) is 4.02. The van der Waals surface area contributed by atoms with E-state index >= 15 is 0 Å². The number of aromatic hydroxyl groups is 1. The summed E-state index contributed by atoms with van der Waals surface area (Å²) < 4.78 is 1.63. The van der Waals surface area contributed by atoms with Crippen molar-refractivity contribution >= 4 is 5.97 Å².